The Morgan fingerprint density at radius 1 is 1.10 bits per heavy atom. The first-order valence-corrected chi connectivity index (χ1v) is 11.4. The number of hydrogen-bond acceptors (Lipinski definition) is 4. The van der Waals surface area contributed by atoms with Gasteiger partial charge in [0.25, 0.3) is 0 Å². The highest BCUT2D eigenvalue weighted by Crippen LogP contribution is 2.31. The van der Waals surface area contributed by atoms with E-state index < -0.39 is 0 Å². The zero-order chi connectivity index (χ0) is 21.6. The van der Waals surface area contributed by atoms with Crippen LogP contribution < -0.4 is 25.2 Å². The van der Waals surface area contributed by atoms with E-state index in [1.54, 1.807) is 7.11 Å². The number of methoxy groups -OCH3 is 1. The van der Waals surface area contributed by atoms with Gasteiger partial charge >= 0.3 is 0 Å². The number of aliphatic imine (C=N–C) groups is 1. The molecule has 0 aromatic heterocycles. The van der Waals surface area contributed by atoms with Gasteiger partial charge < -0.3 is 25.2 Å². The highest BCUT2D eigenvalue weighted by molar-refractivity contribution is 6.30. The number of para-hydroxylation sites is 2. The Morgan fingerprint density at radius 3 is 2.74 bits per heavy atom. The fourth-order valence-corrected chi connectivity index (χ4v) is 4.71. The second-order valence-corrected chi connectivity index (χ2v) is 8.72. The van der Waals surface area contributed by atoms with Crippen LogP contribution in [0.2, 0.25) is 5.02 Å². The molecule has 2 atom stereocenters. The van der Waals surface area contributed by atoms with Crippen molar-refractivity contribution in [3.63, 3.8) is 0 Å². The van der Waals surface area contributed by atoms with E-state index in [0.717, 1.165) is 62.3 Å². The van der Waals surface area contributed by atoms with Crippen LogP contribution in [-0.2, 0) is 0 Å². The van der Waals surface area contributed by atoms with Gasteiger partial charge in [-0.3, -0.25) is 4.99 Å². The van der Waals surface area contributed by atoms with Crippen molar-refractivity contribution in [2.45, 2.75) is 18.9 Å². The molecule has 6 nitrogen and oxygen atoms in total. The molecule has 2 aliphatic rings. The summed E-state index contributed by atoms with van der Waals surface area (Å²) in [4.78, 5) is 9.24. The average molecular weight is 442 g/mol. The molecule has 0 spiro atoms. The van der Waals surface area contributed by atoms with Crippen LogP contribution in [0.5, 0.6) is 5.75 Å². The first-order valence-electron chi connectivity index (χ1n) is 11.0. The topological polar surface area (TPSA) is 52.1 Å². The summed E-state index contributed by atoms with van der Waals surface area (Å²) in [6.45, 7) is 4.96. The van der Waals surface area contributed by atoms with E-state index in [1.165, 1.54) is 11.4 Å². The molecular weight excluding hydrogens is 410 g/mol. The van der Waals surface area contributed by atoms with Crippen LogP contribution in [0.15, 0.2) is 53.5 Å². The number of benzene rings is 2. The molecule has 2 aliphatic heterocycles. The minimum absolute atomic E-state index is 0.374. The van der Waals surface area contributed by atoms with Crippen molar-refractivity contribution in [1.29, 1.82) is 0 Å². The Hall–Kier alpha value is -2.60. The largest absolute Gasteiger partial charge is 0.495 e. The lowest BCUT2D eigenvalue weighted by molar-refractivity contribution is 0.414. The van der Waals surface area contributed by atoms with Gasteiger partial charge in [0.2, 0.25) is 0 Å². The van der Waals surface area contributed by atoms with Crippen LogP contribution in [0.3, 0.4) is 0 Å². The van der Waals surface area contributed by atoms with Crippen LogP contribution in [0.25, 0.3) is 0 Å². The van der Waals surface area contributed by atoms with E-state index in [4.69, 9.17) is 16.3 Å². The molecule has 0 radical (unpaired) electrons. The van der Waals surface area contributed by atoms with Gasteiger partial charge in [0, 0.05) is 56.5 Å². The Labute approximate surface area is 190 Å². The zero-order valence-corrected chi connectivity index (χ0v) is 19.1. The number of hydrogen-bond donors (Lipinski definition) is 2. The van der Waals surface area contributed by atoms with Crippen LogP contribution in [0.4, 0.5) is 11.4 Å². The van der Waals surface area contributed by atoms with Crippen molar-refractivity contribution in [2.24, 2.45) is 10.9 Å². The van der Waals surface area contributed by atoms with Gasteiger partial charge in [-0.15, -0.1) is 0 Å². The maximum atomic E-state index is 6.15. The predicted molar refractivity (Wildman–Crippen MR) is 130 cm³/mol. The molecule has 31 heavy (non-hydrogen) atoms. The summed E-state index contributed by atoms with van der Waals surface area (Å²) in [6.07, 6.45) is 2.24. The van der Waals surface area contributed by atoms with Crippen LogP contribution in [0, 0.1) is 5.92 Å². The lowest BCUT2D eigenvalue weighted by atomic mass is 10.1. The van der Waals surface area contributed by atoms with E-state index in [0.29, 0.717) is 12.0 Å². The number of halogens is 1. The summed E-state index contributed by atoms with van der Waals surface area (Å²) < 4.78 is 5.53. The number of rotatable bonds is 6. The second kappa shape index (κ2) is 10.1. The first kappa shape index (κ1) is 21.6. The second-order valence-electron chi connectivity index (χ2n) is 8.28. The van der Waals surface area contributed by atoms with Gasteiger partial charge in [0.05, 0.1) is 12.8 Å². The van der Waals surface area contributed by atoms with Gasteiger partial charge in [0.1, 0.15) is 5.75 Å². The molecule has 2 aromatic rings. The van der Waals surface area contributed by atoms with Crippen LogP contribution in [-0.4, -0.2) is 58.9 Å². The Kier molecular flexibility index (Phi) is 7.07. The predicted octanol–water partition coefficient (Wildman–Crippen LogP) is 3.62. The molecule has 0 bridgehead atoms. The lowest BCUT2D eigenvalue weighted by Gasteiger charge is -2.22. The van der Waals surface area contributed by atoms with E-state index in [-0.39, 0.29) is 0 Å². The van der Waals surface area contributed by atoms with Crippen molar-refractivity contribution in [3.8, 4) is 5.75 Å². The molecule has 0 saturated carbocycles. The molecule has 2 heterocycles. The number of guanidine groups is 1. The third-order valence-corrected chi connectivity index (χ3v) is 6.43. The molecule has 0 amide bonds. The monoisotopic (exact) mass is 441 g/mol. The Morgan fingerprint density at radius 2 is 1.94 bits per heavy atom. The molecule has 7 heteroatoms. The quantitative estimate of drug-likeness (QED) is 0.529. The van der Waals surface area contributed by atoms with E-state index in [9.17, 15) is 0 Å². The summed E-state index contributed by atoms with van der Waals surface area (Å²) in [5.41, 5.74) is 2.37. The van der Waals surface area contributed by atoms with Gasteiger partial charge in [-0.2, -0.15) is 0 Å². The summed E-state index contributed by atoms with van der Waals surface area (Å²) >= 11 is 6.15. The van der Waals surface area contributed by atoms with Crippen molar-refractivity contribution >= 4 is 28.9 Å². The molecular formula is C24H32ClN5O. The maximum absolute atomic E-state index is 6.15. The Bertz CT molecular complexity index is 905. The minimum Gasteiger partial charge on any atom is -0.495 e. The number of ether oxygens (including phenoxy) is 1. The molecule has 2 saturated heterocycles. The van der Waals surface area contributed by atoms with E-state index in [1.807, 2.05) is 37.4 Å². The molecule has 2 N–H and O–H groups in total. The van der Waals surface area contributed by atoms with Crippen LogP contribution in [0.1, 0.15) is 12.8 Å². The normalized spacial score (nSPS) is 21.5. The molecule has 0 aliphatic carbocycles. The molecule has 2 fully saturated rings. The molecule has 2 aromatic carbocycles. The molecule has 4 rings (SSSR count). The SMILES string of the molecule is CN=C(NCC1CCN(c2ccccc2OC)C1)NC1CCN(c2cccc(Cl)c2)C1. The third kappa shape index (κ3) is 5.37. The van der Waals surface area contributed by atoms with Crippen molar-refractivity contribution in [1.82, 2.24) is 10.6 Å². The number of nitrogens with zero attached hydrogens (tertiary/aromatic N) is 3. The molecule has 2 unspecified atom stereocenters. The van der Waals surface area contributed by atoms with E-state index in [2.05, 4.69) is 43.6 Å². The average Bonchev–Trinajstić information content (AvgIpc) is 3.46. The van der Waals surface area contributed by atoms with Gasteiger partial charge in [0.15, 0.2) is 5.96 Å². The fourth-order valence-electron chi connectivity index (χ4n) is 4.52. The standard InChI is InChI=1S/C24H32ClN5O/c1-26-24(28-20-11-13-29(17-20)21-7-5-6-19(25)14-21)27-15-18-10-12-30(16-18)22-8-3-4-9-23(22)31-2/h3-9,14,18,20H,10-13,15-17H2,1-2H3,(H2,26,27,28). The van der Waals surface area contributed by atoms with E-state index >= 15 is 0 Å². The lowest BCUT2D eigenvalue weighted by Crippen LogP contribution is -2.46. The van der Waals surface area contributed by atoms with Gasteiger partial charge in [-0.1, -0.05) is 29.8 Å². The summed E-state index contributed by atoms with van der Waals surface area (Å²) in [6, 6.07) is 16.7. The summed E-state index contributed by atoms with van der Waals surface area (Å²) in [7, 11) is 3.58. The van der Waals surface area contributed by atoms with Crippen molar-refractivity contribution in [2.75, 3.05) is 56.7 Å². The smallest absolute Gasteiger partial charge is 0.191 e. The third-order valence-electron chi connectivity index (χ3n) is 6.20. The maximum Gasteiger partial charge on any atom is 0.191 e. The summed E-state index contributed by atoms with van der Waals surface area (Å²) in [5.74, 6) is 2.41. The fraction of sp³-hybridized carbons (Fsp3) is 0.458. The van der Waals surface area contributed by atoms with Crippen molar-refractivity contribution < 1.29 is 4.74 Å². The van der Waals surface area contributed by atoms with Gasteiger partial charge in [-0.25, -0.2) is 0 Å². The highest BCUT2D eigenvalue weighted by Gasteiger charge is 2.26. The highest BCUT2D eigenvalue weighted by atomic mass is 35.5. The Balaban J connectivity index is 1.25. The minimum atomic E-state index is 0.374. The van der Waals surface area contributed by atoms with Gasteiger partial charge in [-0.05, 0) is 49.1 Å². The number of anilines is 2. The summed E-state index contributed by atoms with van der Waals surface area (Å²) in [5, 5.41) is 7.92. The zero-order valence-electron chi connectivity index (χ0n) is 18.4. The van der Waals surface area contributed by atoms with Crippen LogP contribution >= 0.6 is 11.6 Å². The number of nitrogens with one attached hydrogen (secondary N) is 2. The molecule has 166 valence electrons. The first-order chi connectivity index (χ1) is 15.2. The van der Waals surface area contributed by atoms with Crippen molar-refractivity contribution in [3.05, 3.63) is 53.6 Å².